The minimum atomic E-state index is -0.450. The molecule has 1 atom stereocenters. The molecular weight excluding hydrogens is 274 g/mol. The Balaban J connectivity index is 2.69. The molecule has 16 heavy (non-hydrogen) atoms. The predicted octanol–water partition coefficient (Wildman–Crippen LogP) is 4.71. The average Bonchev–Trinajstić information content (AvgIpc) is 2.15. The summed E-state index contributed by atoms with van der Waals surface area (Å²) in [6.07, 6.45) is 1.15. The van der Waals surface area contributed by atoms with Crippen LogP contribution in [0.25, 0.3) is 0 Å². The molecule has 0 radical (unpaired) electrons. The first-order valence-electron chi connectivity index (χ1n) is 5.39. The summed E-state index contributed by atoms with van der Waals surface area (Å²) in [5.74, 6) is -0.901. The van der Waals surface area contributed by atoms with Gasteiger partial charge in [0.25, 0.3) is 0 Å². The molecule has 1 rings (SSSR count). The summed E-state index contributed by atoms with van der Waals surface area (Å²) >= 11 is 3.56. The van der Waals surface area contributed by atoms with E-state index in [2.05, 4.69) is 36.7 Å². The van der Waals surface area contributed by atoms with Crippen LogP contribution in [0.1, 0.15) is 32.8 Å². The van der Waals surface area contributed by atoms with Crippen LogP contribution in [0.4, 0.5) is 8.78 Å². The van der Waals surface area contributed by atoms with Gasteiger partial charge in [-0.05, 0) is 30.4 Å². The molecule has 0 heterocycles. The van der Waals surface area contributed by atoms with Crippen LogP contribution in [0.15, 0.2) is 18.2 Å². The van der Waals surface area contributed by atoms with Crippen molar-refractivity contribution in [3.63, 3.8) is 0 Å². The fourth-order valence-electron chi connectivity index (χ4n) is 1.48. The standard InChI is InChI=1S/C13H17BrF2/c1-13(2,3)12(14)8-7-9-10(15)5-4-6-11(9)16/h4-6,12H,7-8H2,1-3H3. The number of rotatable bonds is 3. The molecule has 0 N–H and O–H groups in total. The van der Waals surface area contributed by atoms with Gasteiger partial charge in [-0.1, -0.05) is 42.8 Å². The largest absolute Gasteiger partial charge is 0.207 e. The average molecular weight is 291 g/mol. The van der Waals surface area contributed by atoms with Gasteiger partial charge in [0.1, 0.15) is 11.6 Å². The molecule has 1 unspecified atom stereocenters. The van der Waals surface area contributed by atoms with Crippen molar-refractivity contribution in [1.29, 1.82) is 0 Å². The van der Waals surface area contributed by atoms with Crippen LogP contribution in [0.5, 0.6) is 0 Å². The zero-order chi connectivity index (χ0) is 12.3. The monoisotopic (exact) mass is 290 g/mol. The molecule has 0 spiro atoms. The number of alkyl halides is 1. The first-order valence-corrected chi connectivity index (χ1v) is 6.31. The van der Waals surface area contributed by atoms with Crippen molar-refractivity contribution in [3.05, 3.63) is 35.4 Å². The SMILES string of the molecule is CC(C)(C)C(Br)CCc1c(F)cccc1F. The topological polar surface area (TPSA) is 0 Å². The molecule has 0 fully saturated rings. The Bertz CT molecular complexity index is 335. The molecule has 3 heteroatoms. The fourth-order valence-corrected chi connectivity index (χ4v) is 1.70. The van der Waals surface area contributed by atoms with Crippen molar-refractivity contribution in [3.8, 4) is 0 Å². The van der Waals surface area contributed by atoms with Gasteiger partial charge in [0.2, 0.25) is 0 Å². The van der Waals surface area contributed by atoms with Crippen LogP contribution in [0, 0.1) is 17.0 Å². The second-order valence-corrected chi connectivity index (χ2v) is 6.18. The molecule has 0 bridgehead atoms. The van der Waals surface area contributed by atoms with E-state index in [0.717, 1.165) is 6.42 Å². The van der Waals surface area contributed by atoms with Crippen LogP contribution in [-0.4, -0.2) is 4.83 Å². The molecule has 0 nitrogen and oxygen atoms in total. The summed E-state index contributed by atoms with van der Waals surface area (Å²) in [5, 5.41) is 0. The van der Waals surface area contributed by atoms with Crippen LogP contribution >= 0.6 is 15.9 Å². The highest BCUT2D eigenvalue weighted by molar-refractivity contribution is 9.09. The second kappa shape index (κ2) is 5.26. The first-order chi connectivity index (χ1) is 7.32. The van der Waals surface area contributed by atoms with Crippen molar-refractivity contribution in [2.75, 3.05) is 0 Å². The van der Waals surface area contributed by atoms with Gasteiger partial charge in [0, 0.05) is 10.4 Å². The highest BCUT2D eigenvalue weighted by atomic mass is 79.9. The minimum Gasteiger partial charge on any atom is -0.207 e. The van der Waals surface area contributed by atoms with E-state index in [-0.39, 0.29) is 15.8 Å². The molecular formula is C13H17BrF2. The molecule has 0 saturated heterocycles. The van der Waals surface area contributed by atoms with Crippen molar-refractivity contribution in [1.82, 2.24) is 0 Å². The number of benzene rings is 1. The predicted molar refractivity (Wildman–Crippen MR) is 66.8 cm³/mol. The Labute approximate surface area is 104 Å². The van der Waals surface area contributed by atoms with Crippen LogP contribution in [-0.2, 0) is 6.42 Å². The normalized spacial score (nSPS) is 13.9. The third-order valence-electron chi connectivity index (χ3n) is 2.65. The smallest absolute Gasteiger partial charge is 0.129 e. The lowest BCUT2D eigenvalue weighted by Gasteiger charge is -2.25. The summed E-state index contributed by atoms with van der Waals surface area (Å²) in [5.41, 5.74) is 0.290. The zero-order valence-corrected chi connectivity index (χ0v) is 11.4. The van der Waals surface area contributed by atoms with E-state index >= 15 is 0 Å². The summed E-state index contributed by atoms with van der Waals surface area (Å²) in [6.45, 7) is 6.30. The van der Waals surface area contributed by atoms with E-state index < -0.39 is 11.6 Å². The van der Waals surface area contributed by atoms with E-state index in [9.17, 15) is 8.78 Å². The van der Waals surface area contributed by atoms with Crippen molar-refractivity contribution in [2.45, 2.75) is 38.4 Å². The van der Waals surface area contributed by atoms with Crippen molar-refractivity contribution < 1.29 is 8.78 Å². The third-order valence-corrected chi connectivity index (χ3v) is 4.48. The third kappa shape index (κ3) is 3.55. The molecule has 1 aromatic carbocycles. The first kappa shape index (κ1) is 13.6. The van der Waals surface area contributed by atoms with E-state index in [4.69, 9.17) is 0 Å². The van der Waals surface area contributed by atoms with Crippen LogP contribution < -0.4 is 0 Å². The van der Waals surface area contributed by atoms with Crippen LogP contribution in [0.3, 0.4) is 0 Å². The van der Waals surface area contributed by atoms with E-state index in [1.165, 1.54) is 18.2 Å². The van der Waals surface area contributed by atoms with Crippen molar-refractivity contribution in [2.24, 2.45) is 5.41 Å². The summed E-state index contributed by atoms with van der Waals surface area (Å²) < 4.78 is 26.7. The summed E-state index contributed by atoms with van der Waals surface area (Å²) in [7, 11) is 0. The molecule has 0 aliphatic carbocycles. The lowest BCUT2D eigenvalue weighted by molar-refractivity contribution is 0.383. The Kier molecular flexibility index (Phi) is 4.48. The Hall–Kier alpha value is -0.440. The second-order valence-electron chi connectivity index (χ2n) is 5.07. The maximum atomic E-state index is 13.3. The van der Waals surface area contributed by atoms with E-state index in [1.54, 1.807) is 0 Å². The lowest BCUT2D eigenvalue weighted by atomic mass is 9.88. The van der Waals surface area contributed by atoms with Gasteiger partial charge in [0.05, 0.1) is 0 Å². The van der Waals surface area contributed by atoms with Crippen molar-refractivity contribution >= 4 is 15.9 Å². The molecule has 0 amide bonds. The molecule has 0 aliphatic heterocycles. The highest BCUT2D eigenvalue weighted by Gasteiger charge is 2.22. The Morgan fingerprint density at radius 1 is 1.19 bits per heavy atom. The van der Waals surface area contributed by atoms with Gasteiger partial charge < -0.3 is 0 Å². The maximum Gasteiger partial charge on any atom is 0.129 e. The Morgan fingerprint density at radius 3 is 2.12 bits per heavy atom. The highest BCUT2D eigenvalue weighted by Crippen LogP contribution is 2.30. The number of hydrogen-bond acceptors (Lipinski definition) is 0. The molecule has 0 aromatic heterocycles. The van der Waals surface area contributed by atoms with Gasteiger partial charge >= 0.3 is 0 Å². The van der Waals surface area contributed by atoms with Crippen LogP contribution in [0.2, 0.25) is 0 Å². The van der Waals surface area contributed by atoms with Gasteiger partial charge in [0.15, 0.2) is 0 Å². The van der Waals surface area contributed by atoms with Gasteiger partial charge in [-0.25, -0.2) is 8.78 Å². The number of hydrogen-bond donors (Lipinski definition) is 0. The van der Waals surface area contributed by atoms with E-state index in [0.29, 0.717) is 6.42 Å². The Morgan fingerprint density at radius 2 is 1.69 bits per heavy atom. The molecule has 0 aliphatic rings. The maximum absolute atomic E-state index is 13.3. The van der Waals surface area contributed by atoms with E-state index in [1.807, 2.05) is 0 Å². The lowest BCUT2D eigenvalue weighted by Crippen LogP contribution is -2.21. The quantitative estimate of drug-likeness (QED) is 0.708. The summed E-state index contributed by atoms with van der Waals surface area (Å²) in [6, 6.07) is 4.00. The molecule has 0 saturated carbocycles. The van der Waals surface area contributed by atoms with Gasteiger partial charge in [-0.3, -0.25) is 0 Å². The molecule has 90 valence electrons. The fraction of sp³-hybridized carbons (Fsp3) is 0.538. The summed E-state index contributed by atoms with van der Waals surface area (Å²) in [4.78, 5) is 0.249. The number of halogens is 3. The zero-order valence-electron chi connectivity index (χ0n) is 9.86. The molecule has 1 aromatic rings. The minimum absolute atomic E-state index is 0.0989. The van der Waals surface area contributed by atoms with Gasteiger partial charge in [-0.2, -0.15) is 0 Å². The van der Waals surface area contributed by atoms with Gasteiger partial charge in [-0.15, -0.1) is 0 Å².